The van der Waals surface area contributed by atoms with Gasteiger partial charge < -0.3 is 171 Å². The van der Waals surface area contributed by atoms with Crippen LogP contribution in [0.2, 0.25) is 0 Å². The van der Waals surface area contributed by atoms with Crippen LogP contribution >= 0.6 is 0 Å². The zero-order chi connectivity index (χ0) is 90.6. The third kappa shape index (κ3) is 31.6. The second-order valence-electron chi connectivity index (χ2n) is 32.5. The zero-order valence-electron chi connectivity index (χ0n) is 70.5. The summed E-state index contributed by atoms with van der Waals surface area (Å²) in [5.41, 5.74) is 0. The van der Waals surface area contributed by atoms with E-state index in [1.807, 2.05) is 0 Å². The van der Waals surface area contributed by atoms with E-state index in [9.17, 15) is 136 Å². The maximum atomic E-state index is 13.8. The molecule has 122 heavy (non-hydrogen) atoms. The normalized spacial score (nSPS) is 32.8. The molecular formula is C81H140N4O37. The van der Waals surface area contributed by atoms with E-state index in [2.05, 4.69) is 47.3 Å². The average molecular weight is 1760 g/mol. The molecule has 41 heteroatoms. The number of carbonyl (C=O) groups excluding carboxylic acids is 4. The number of nitrogens with one attached hydrogen (secondary N) is 4. The summed E-state index contributed by atoms with van der Waals surface area (Å²) in [4.78, 5) is 92.1. The van der Waals surface area contributed by atoms with Crippen LogP contribution in [0.1, 0.15) is 221 Å². The SMILES string of the molecule is CCCCCCCCC=CCCCCCCCC(=O)NC(COC1OC(CO)C(OC2OC(CO)C(O)C(OC3(C(=O)O)CC(O)C(NC(C)=O)C(C(O)C(CO)OC4(C(=O)O)CC(O)C(NC(C)=O)C(C(O)C(CO)OC5(C(=O)O)CC(O)C(NC(C)=O)C(C(O)C(O)CO)O5)O4)O3)C2O)C(O)C1O)C(O)C=CCCCCCCCCCCCCC. The Morgan fingerprint density at radius 2 is 0.828 bits per heavy atom. The van der Waals surface area contributed by atoms with Crippen molar-refractivity contribution in [1.82, 2.24) is 21.3 Å². The van der Waals surface area contributed by atoms with Gasteiger partial charge in [-0.2, -0.15) is 0 Å². The van der Waals surface area contributed by atoms with Crippen LogP contribution in [0.5, 0.6) is 0 Å². The van der Waals surface area contributed by atoms with Crippen LogP contribution in [-0.2, 0) is 80.9 Å². The van der Waals surface area contributed by atoms with Gasteiger partial charge in [0.15, 0.2) is 12.6 Å². The third-order valence-corrected chi connectivity index (χ3v) is 22.6. The predicted octanol–water partition coefficient (Wildman–Crippen LogP) is -2.71. The van der Waals surface area contributed by atoms with E-state index in [1.165, 1.54) is 83.1 Å². The van der Waals surface area contributed by atoms with Crippen molar-refractivity contribution in [2.24, 2.45) is 0 Å². The molecule has 41 nitrogen and oxygen atoms in total. The van der Waals surface area contributed by atoms with Gasteiger partial charge in [0.2, 0.25) is 23.6 Å². The Labute approximate surface area is 710 Å². The lowest BCUT2D eigenvalue weighted by Gasteiger charge is -2.51. The zero-order valence-corrected chi connectivity index (χ0v) is 70.5. The van der Waals surface area contributed by atoms with Crippen molar-refractivity contribution >= 4 is 41.5 Å². The van der Waals surface area contributed by atoms with Crippen molar-refractivity contribution < 1.29 is 183 Å². The number of carbonyl (C=O) groups is 7. The van der Waals surface area contributed by atoms with Crippen LogP contribution in [0, 0.1) is 0 Å². The molecule has 0 spiro atoms. The number of aliphatic hydroxyl groups is 17. The Hall–Kier alpha value is -5.31. The maximum absolute atomic E-state index is 13.8. The van der Waals surface area contributed by atoms with Gasteiger partial charge >= 0.3 is 17.9 Å². The van der Waals surface area contributed by atoms with Gasteiger partial charge in [-0.3, -0.25) is 19.2 Å². The van der Waals surface area contributed by atoms with Crippen molar-refractivity contribution in [1.29, 1.82) is 0 Å². The molecule has 5 saturated heterocycles. The predicted molar refractivity (Wildman–Crippen MR) is 424 cm³/mol. The average Bonchev–Trinajstić information content (AvgIpc) is 0.750. The molecule has 0 aromatic heterocycles. The van der Waals surface area contributed by atoms with E-state index in [0.717, 1.165) is 91.4 Å². The minimum Gasteiger partial charge on any atom is -0.477 e. The molecule has 0 bridgehead atoms. The molecule has 0 radical (unpaired) electrons. The summed E-state index contributed by atoms with van der Waals surface area (Å²) in [6.45, 7) is -0.114. The summed E-state index contributed by atoms with van der Waals surface area (Å²) >= 11 is 0. The Kier molecular flexibility index (Phi) is 47.6. The van der Waals surface area contributed by atoms with E-state index in [4.69, 9.17) is 47.4 Å². The molecule has 5 heterocycles. The number of carboxylic acid groups (broad SMARTS) is 3. The van der Waals surface area contributed by atoms with Gasteiger partial charge in [0.25, 0.3) is 17.4 Å². The monoisotopic (exact) mass is 1760 g/mol. The lowest BCUT2D eigenvalue weighted by molar-refractivity contribution is -0.388. The van der Waals surface area contributed by atoms with Crippen LogP contribution < -0.4 is 21.3 Å². The van der Waals surface area contributed by atoms with Crippen LogP contribution in [0.3, 0.4) is 0 Å². The molecule has 706 valence electrons. The number of carboxylic acids is 3. The molecule has 5 aliphatic rings. The topological polar surface area (TPSA) is 665 Å². The van der Waals surface area contributed by atoms with Crippen molar-refractivity contribution in [3.63, 3.8) is 0 Å². The molecule has 0 aromatic carbocycles. The van der Waals surface area contributed by atoms with Crippen molar-refractivity contribution in [2.45, 2.75) is 403 Å². The molecule has 0 saturated carbocycles. The van der Waals surface area contributed by atoms with Crippen LogP contribution in [0.25, 0.3) is 0 Å². The van der Waals surface area contributed by atoms with Gasteiger partial charge in [-0.15, -0.1) is 0 Å². The van der Waals surface area contributed by atoms with Crippen molar-refractivity contribution in [2.75, 3.05) is 39.6 Å². The largest absolute Gasteiger partial charge is 0.477 e. The molecular weight excluding hydrogens is 1620 g/mol. The molecule has 5 rings (SSSR count). The lowest BCUT2D eigenvalue weighted by Crippen LogP contribution is -2.72. The molecule has 30 unspecified atom stereocenters. The van der Waals surface area contributed by atoms with E-state index < -0.39 is 283 Å². The second-order valence-corrected chi connectivity index (χ2v) is 32.5. The van der Waals surface area contributed by atoms with Gasteiger partial charge in [0.1, 0.15) is 104 Å². The van der Waals surface area contributed by atoms with Crippen LogP contribution in [0.4, 0.5) is 0 Å². The van der Waals surface area contributed by atoms with Crippen molar-refractivity contribution in [3.8, 4) is 0 Å². The summed E-state index contributed by atoms with van der Waals surface area (Å²) < 4.78 is 58.2. The van der Waals surface area contributed by atoms with E-state index in [0.29, 0.717) is 12.8 Å². The Morgan fingerprint density at radius 3 is 1.23 bits per heavy atom. The first-order chi connectivity index (χ1) is 58.0. The van der Waals surface area contributed by atoms with Gasteiger partial charge in [0, 0.05) is 46.5 Å². The number of allylic oxidation sites excluding steroid dienone is 3. The fraction of sp³-hybridized carbons (Fsp3) is 0.864. The molecule has 4 amide bonds. The molecule has 30 atom stereocenters. The Balaban J connectivity index is 1.36. The highest BCUT2D eigenvalue weighted by Crippen LogP contribution is 2.43. The van der Waals surface area contributed by atoms with Crippen molar-refractivity contribution in [3.05, 3.63) is 24.3 Å². The maximum Gasteiger partial charge on any atom is 0.364 e. The summed E-state index contributed by atoms with van der Waals surface area (Å²) in [7, 11) is 0. The molecule has 5 aliphatic heterocycles. The van der Waals surface area contributed by atoms with Crippen LogP contribution in [0.15, 0.2) is 24.3 Å². The third-order valence-electron chi connectivity index (χ3n) is 22.6. The first-order valence-corrected chi connectivity index (χ1v) is 43.0. The number of hydrogen-bond donors (Lipinski definition) is 24. The smallest absolute Gasteiger partial charge is 0.364 e. The standard InChI is InChI=1S/C81H140N4O37/c1-6-8-10-12-14-16-18-20-21-23-25-27-29-31-33-35-58(99)85-48(49(94)34-32-30-28-26-24-22-19-17-15-13-11-9-7-2)44-113-74-67(105)66(104)69(57(43-90)115-74)116-75-68(106)73(63(101)54(40-87)114-75)122-81(78(111)112)38-52(97)61(84-47(5)93)72(121-81)65(103)56(42-89)118-80(77(109)110)37-51(96)60(83-46(4)92)71(120-80)64(102)55(41-88)117-79(76(107)108)36-50(95)59(82-45(3)91)70(119-79)62(100)53(98)39-86/h20-21,32,34,48-57,59-75,86-90,94-98,100-106H,6-19,22-31,33,35-44H2,1-5H3,(H,82,91)(H,83,92)(H,84,93)(H,85,99)(H,107,108)(H,109,110)(H,111,112). The summed E-state index contributed by atoms with van der Waals surface area (Å²) in [5, 5.41) is 235. The fourth-order valence-electron chi connectivity index (χ4n) is 15.8. The Morgan fingerprint density at radius 1 is 0.443 bits per heavy atom. The van der Waals surface area contributed by atoms with Gasteiger partial charge in [-0.05, 0) is 44.9 Å². The molecule has 0 aromatic rings. The molecule has 5 fully saturated rings. The highest BCUT2D eigenvalue weighted by atomic mass is 16.8. The highest BCUT2D eigenvalue weighted by Gasteiger charge is 2.64. The number of unbranched alkanes of at least 4 members (excludes halogenated alkanes) is 22. The minimum absolute atomic E-state index is 0.109. The van der Waals surface area contributed by atoms with Gasteiger partial charge in [-0.1, -0.05) is 154 Å². The first kappa shape index (κ1) is 107. The second kappa shape index (κ2) is 54.1. The molecule has 24 N–H and O–H groups in total. The van der Waals surface area contributed by atoms with E-state index in [-0.39, 0.29) is 6.42 Å². The fourth-order valence-corrected chi connectivity index (χ4v) is 15.8. The number of amides is 4. The summed E-state index contributed by atoms with van der Waals surface area (Å²) in [6, 6.07) is -7.04. The highest BCUT2D eigenvalue weighted by molar-refractivity contribution is 5.79. The number of hydrogen-bond acceptors (Lipinski definition) is 34. The number of rotatable bonds is 58. The molecule has 0 aliphatic carbocycles. The van der Waals surface area contributed by atoms with E-state index >= 15 is 0 Å². The lowest BCUT2D eigenvalue weighted by atomic mass is 9.86. The summed E-state index contributed by atoms with van der Waals surface area (Å²) in [5.74, 6) is -20.6. The number of aliphatic hydroxyl groups excluding tert-OH is 17. The van der Waals surface area contributed by atoms with Gasteiger partial charge in [-0.25, -0.2) is 14.4 Å². The Bertz CT molecular complexity index is 3150. The first-order valence-electron chi connectivity index (χ1n) is 43.0. The van der Waals surface area contributed by atoms with Crippen LogP contribution in [-0.4, -0.2) is 366 Å². The summed E-state index contributed by atoms with van der Waals surface area (Å²) in [6.07, 6.45) is -21.4. The van der Waals surface area contributed by atoms with E-state index in [1.54, 1.807) is 6.08 Å². The van der Waals surface area contributed by atoms with Gasteiger partial charge in [0.05, 0.1) is 88.2 Å². The number of aliphatic carboxylic acids is 3. The quantitative estimate of drug-likeness (QED) is 0.0217. The minimum atomic E-state index is -3.58. The number of ether oxygens (including phenoxy) is 10.